The molecule has 0 aromatic heterocycles. The maximum Gasteiger partial charge on any atom is 0.0831 e. The monoisotopic (exact) mass is 574 g/mol. The van der Waals surface area contributed by atoms with Crippen molar-refractivity contribution in [3.63, 3.8) is 0 Å². The Kier molecular flexibility index (Phi) is 7.90. The van der Waals surface area contributed by atoms with E-state index in [0.717, 1.165) is 31.2 Å². The van der Waals surface area contributed by atoms with Crippen LogP contribution in [0.3, 0.4) is 0 Å². The van der Waals surface area contributed by atoms with E-state index in [1.54, 1.807) is 0 Å². The lowest BCUT2D eigenvalue weighted by Gasteiger charge is -2.70. The van der Waals surface area contributed by atoms with Crippen LogP contribution in [-0.2, 0) is 18.3 Å². The van der Waals surface area contributed by atoms with Gasteiger partial charge >= 0.3 is 0 Å². The molecule has 2 aromatic carbocycles. The number of rotatable bonds is 5. The van der Waals surface area contributed by atoms with Gasteiger partial charge in [-0.05, 0) is 113 Å². The molecule has 0 heterocycles. The molecule has 2 aromatic rings. The van der Waals surface area contributed by atoms with Crippen LogP contribution in [0.2, 0.25) is 0 Å². The van der Waals surface area contributed by atoms with E-state index < -0.39 is 23.7 Å². The first-order valence-corrected chi connectivity index (χ1v) is 16.6. The minimum Gasteiger partial charge on any atom is -0.393 e. The van der Waals surface area contributed by atoms with Gasteiger partial charge in [0.15, 0.2) is 0 Å². The molecular weight excluding hydrogens is 516 g/mol. The summed E-state index contributed by atoms with van der Waals surface area (Å²) in [6, 6.07) is 13.3. The van der Waals surface area contributed by atoms with Gasteiger partial charge in [-0.25, -0.2) is 0 Å². The summed E-state index contributed by atoms with van der Waals surface area (Å²) in [4.78, 5) is 0. The van der Waals surface area contributed by atoms with Crippen molar-refractivity contribution in [1.29, 1.82) is 0 Å². The van der Waals surface area contributed by atoms with Gasteiger partial charge in [-0.15, -0.1) is 0 Å². The third-order valence-corrected chi connectivity index (χ3v) is 13.3. The second-order valence-corrected chi connectivity index (χ2v) is 16.8. The van der Waals surface area contributed by atoms with E-state index in [1.807, 2.05) is 6.92 Å². The second-order valence-electron chi connectivity index (χ2n) is 16.8. The summed E-state index contributed by atoms with van der Waals surface area (Å²) < 4.78 is 0. The summed E-state index contributed by atoms with van der Waals surface area (Å²) in [5.41, 5.74) is 7.28. The third kappa shape index (κ3) is 4.55. The van der Waals surface area contributed by atoms with Crippen LogP contribution in [0.25, 0.3) is 0 Å². The normalized spacial score (nSPS) is 38.9. The molecular formula is C39H58O3. The molecule has 3 aliphatic rings. The Morgan fingerprint density at radius 2 is 1.62 bits per heavy atom. The number of hydrogen-bond acceptors (Lipinski definition) is 3. The summed E-state index contributed by atoms with van der Waals surface area (Å²) in [5.74, 6) is 0.603. The molecule has 0 bridgehead atoms. The Labute approximate surface area is 256 Å². The van der Waals surface area contributed by atoms with E-state index in [9.17, 15) is 15.3 Å². The van der Waals surface area contributed by atoms with Crippen LogP contribution in [0.4, 0.5) is 0 Å². The zero-order valence-electron chi connectivity index (χ0n) is 28.3. The van der Waals surface area contributed by atoms with Crippen LogP contribution in [0.1, 0.15) is 127 Å². The number of fused-ring (bicyclic) bond motifs is 3. The fourth-order valence-electron chi connectivity index (χ4n) is 11.1. The Hall–Kier alpha value is -1.68. The lowest BCUT2D eigenvalue weighted by molar-refractivity contribution is -0.258. The number of aliphatic hydroxyl groups excluding tert-OH is 3. The maximum absolute atomic E-state index is 12.6. The summed E-state index contributed by atoms with van der Waals surface area (Å²) in [7, 11) is 0. The standard InChI is InChI=1S/C39H58O3/c1-22(2)29-17-27(19-36(7,8)28-15-13-12-14-16-28)24(4)32-30(29)20-37(9)21-38(10)18-23(3)31(26(6)40)35(42)39(38,11)25(5)33(37)34(32)41/h12-17,22-23,25-26,31,33-35,40-42H,18-21H2,1-11H3. The molecule has 10 atom stereocenters. The van der Waals surface area contributed by atoms with Gasteiger partial charge in [0.1, 0.15) is 0 Å². The number of hydrogen-bond donors (Lipinski definition) is 3. The minimum absolute atomic E-state index is 0.0328. The molecule has 0 aliphatic heterocycles. The van der Waals surface area contributed by atoms with Gasteiger partial charge in [-0.1, -0.05) is 98.7 Å². The first-order valence-electron chi connectivity index (χ1n) is 16.6. The van der Waals surface area contributed by atoms with E-state index in [1.165, 1.54) is 27.8 Å². The highest BCUT2D eigenvalue weighted by Crippen LogP contribution is 2.72. The lowest BCUT2D eigenvalue weighted by Crippen LogP contribution is -2.68. The molecule has 0 saturated heterocycles. The predicted octanol–water partition coefficient (Wildman–Crippen LogP) is 8.30. The van der Waals surface area contributed by atoms with E-state index >= 15 is 0 Å². The SMILES string of the molecule is Cc1c(CC(C)(C)c2ccccc2)cc(C(C)C)c2c1C(O)C1C(C)C3(C)C(O)C(C(C)O)C(C)CC3(C)CC1(C)C2. The van der Waals surface area contributed by atoms with Crippen LogP contribution >= 0.6 is 0 Å². The lowest BCUT2D eigenvalue weighted by atomic mass is 9.35. The predicted molar refractivity (Wildman–Crippen MR) is 174 cm³/mol. The zero-order chi connectivity index (χ0) is 31.2. The topological polar surface area (TPSA) is 60.7 Å². The molecule has 3 N–H and O–H groups in total. The molecule has 0 spiro atoms. The summed E-state index contributed by atoms with van der Waals surface area (Å²) in [6.45, 7) is 25.0. The van der Waals surface area contributed by atoms with Crippen molar-refractivity contribution < 1.29 is 15.3 Å². The molecule has 10 unspecified atom stereocenters. The smallest absolute Gasteiger partial charge is 0.0831 e. The molecule has 2 saturated carbocycles. The van der Waals surface area contributed by atoms with Gasteiger partial charge in [-0.2, -0.15) is 0 Å². The van der Waals surface area contributed by atoms with Gasteiger partial charge in [0.2, 0.25) is 0 Å². The summed E-state index contributed by atoms with van der Waals surface area (Å²) in [6.07, 6.45) is 2.13. The Bertz CT molecular complexity index is 1310. The average molecular weight is 575 g/mol. The van der Waals surface area contributed by atoms with Crippen molar-refractivity contribution >= 4 is 0 Å². The Morgan fingerprint density at radius 1 is 1.00 bits per heavy atom. The average Bonchev–Trinajstić information content (AvgIpc) is 2.87. The molecule has 3 aliphatic carbocycles. The second kappa shape index (κ2) is 10.5. The van der Waals surface area contributed by atoms with Gasteiger partial charge in [0.05, 0.1) is 18.3 Å². The molecule has 0 amide bonds. The van der Waals surface area contributed by atoms with Crippen LogP contribution in [0.15, 0.2) is 36.4 Å². The first kappa shape index (κ1) is 31.7. The van der Waals surface area contributed by atoms with Crippen molar-refractivity contribution in [2.45, 2.75) is 131 Å². The van der Waals surface area contributed by atoms with Gasteiger partial charge < -0.3 is 15.3 Å². The van der Waals surface area contributed by atoms with Gasteiger partial charge in [-0.3, -0.25) is 0 Å². The van der Waals surface area contributed by atoms with E-state index in [-0.39, 0.29) is 39.9 Å². The molecule has 42 heavy (non-hydrogen) atoms. The van der Waals surface area contributed by atoms with Gasteiger partial charge in [0.25, 0.3) is 0 Å². The largest absolute Gasteiger partial charge is 0.393 e. The summed E-state index contributed by atoms with van der Waals surface area (Å²) in [5, 5.41) is 35.4. The molecule has 232 valence electrons. The van der Waals surface area contributed by atoms with E-state index in [2.05, 4.69) is 106 Å². The van der Waals surface area contributed by atoms with Crippen LogP contribution < -0.4 is 0 Å². The Balaban J connectivity index is 1.64. The highest BCUT2D eigenvalue weighted by molar-refractivity contribution is 5.52. The highest BCUT2D eigenvalue weighted by Gasteiger charge is 2.68. The quantitative estimate of drug-likeness (QED) is 0.337. The summed E-state index contributed by atoms with van der Waals surface area (Å²) >= 11 is 0. The minimum atomic E-state index is -0.607. The molecule has 5 rings (SSSR count). The van der Waals surface area contributed by atoms with Crippen molar-refractivity contribution in [3.8, 4) is 0 Å². The fraction of sp³-hybridized carbons (Fsp3) is 0.692. The first-order chi connectivity index (χ1) is 19.4. The molecule has 0 radical (unpaired) electrons. The maximum atomic E-state index is 12.6. The van der Waals surface area contributed by atoms with Gasteiger partial charge in [0, 0.05) is 11.3 Å². The fourth-order valence-corrected chi connectivity index (χ4v) is 11.1. The molecule has 3 nitrogen and oxygen atoms in total. The van der Waals surface area contributed by atoms with Crippen molar-refractivity contribution in [1.82, 2.24) is 0 Å². The van der Waals surface area contributed by atoms with E-state index in [0.29, 0.717) is 5.92 Å². The van der Waals surface area contributed by atoms with Crippen molar-refractivity contribution in [2.75, 3.05) is 0 Å². The molecule has 2 fully saturated rings. The zero-order valence-corrected chi connectivity index (χ0v) is 28.3. The van der Waals surface area contributed by atoms with Crippen LogP contribution in [-0.4, -0.2) is 27.5 Å². The Morgan fingerprint density at radius 3 is 2.19 bits per heavy atom. The number of benzene rings is 2. The highest BCUT2D eigenvalue weighted by atomic mass is 16.3. The van der Waals surface area contributed by atoms with Crippen LogP contribution in [0.5, 0.6) is 0 Å². The van der Waals surface area contributed by atoms with Crippen molar-refractivity contribution in [3.05, 3.63) is 69.8 Å². The van der Waals surface area contributed by atoms with Crippen LogP contribution in [0, 0.1) is 46.8 Å². The van der Waals surface area contributed by atoms with Crippen molar-refractivity contribution in [2.24, 2.45) is 39.9 Å². The number of aliphatic hydroxyl groups is 3. The third-order valence-electron chi connectivity index (χ3n) is 13.3. The van der Waals surface area contributed by atoms with E-state index in [4.69, 9.17) is 0 Å². The molecule has 3 heteroatoms.